The predicted octanol–water partition coefficient (Wildman–Crippen LogP) is 1.58. The van der Waals surface area contributed by atoms with Crippen molar-refractivity contribution in [2.24, 2.45) is 0 Å². The van der Waals surface area contributed by atoms with Crippen LogP contribution in [0.4, 0.5) is 0 Å². The van der Waals surface area contributed by atoms with Crippen LogP contribution in [0.3, 0.4) is 0 Å². The van der Waals surface area contributed by atoms with E-state index in [0.717, 1.165) is 0 Å². The highest BCUT2D eigenvalue weighted by Crippen LogP contribution is 2.17. The fourth-order valence-electron chi connectivity index (χ4n) is 0.924. The fraction of sp³-hybridized carbons (Fsp3) is 0.500. The second kappa shape index (κ2) is 3.38. The van der Waals surface area contributed by atoms with Gasteiger partial charge in [0.05, 0.1) is 7.11 Å². The summed E-state index contributed by atoms with van der Waals surface area (Å²) in [6, 6.07) is 0. The quantitative estimate of drug-likeness (QED) is 0.631. The average Bonchev–Trinajstić information content (AvgIpc) is 2.50. The molecular formula is C8H11NO3. The van der Waals surface area contributed by atoms with E-state index >= 15 is 0 Å². The largest absolute Gasteiger partial charge is 0.465 e. The molecule has 0 N–H and O–H groups in total. The first-order valence-electron chi connectivity index (χ1n) is 3.69. The molecule has 0 aliphatic rings. The van der Waals surface area contributed by atoms with Crippen molar-refractivity contribution >= 4 is 5.97 Å². The number of carbonyl (C=O) groups is 1. The summed E-state index contributed by atoms with van der Waals surface area (Å²) in [6.45, 7) is 3.87. The minimum absolute atomic E-state index is 0.165. The molecular weight excluding hydrogens is 158 g/mol. The summed E-state index contributed by atoms with van der Waals surface area (Å²) in [5, 5.41) is 3.71. The number of carbonyl (C=O) groups excluding carboxylic acids is 1. The smallest absolute Gasteiger partial charge is 0.343 e. The van der Waals surface area contributed by atoms with Crippen molar-refractivity contribution in [2.75, 3.05) is 7.11 Å². The van der Waals surface area contributed by atoms with Gasteiger partial charge in [-0.3, -0.25) is 0 Å². The van der Waals surface area contributed by atoms with E-state index in [1.807, 2.05) is 13.8 Å². The number of hydrogen-bond donors (Lipinski definition) is 0. The molecule has 12 heavy (non-hydrogen) atoms. The number of esters is 1. The van der Waals surface area contributed by atoms with Crippen molar-refractivity contribution in [2.45, 2.75) is 19.8 Å². The molecule has 4 nitrogen and oxygen atoms in total. The number of methoxy groups -OCH3 is 1. The highest BCUT2D eigenvalue weighted by Gasteiger charge is 2.18. The highest BCUT2D eigenvalue weighted by atomic mass is 16.5. The predicted molar refractivity (Wildman–Crippen MR) is 41.9 cm³/mol. The lowest BCUT2D eigenvalue weighted by atomic mass is 10.1. The van der Waals surface area contributed by atoms with Crippen LogP contribution in [-0.2, 0) is 4.74 Å². The zero-order chi connectivity index (χ0) is 9.14. The molecule has 0 atom stereocenters. The summed E-state index contributed by atoms with van der Waals surface area (Å²) >= 11 is 0. The third kappa shape index (κ3) is 1.47. The second-order valence-electron chi connectivity index (χ2n) is 2.76. The Kier molecular flexibility index (Phi) is 2.47. The van der Waals surface area contributed by atoms with Crippen LogP contribution in [0.1, 0.15) is 35.8 Å². The minimum Gasteiger partial charge on any atom is -0.465 e. The molecule has 1 aromatic rings. The molecule has 0 radical (unpaired) electrons. The van der Waals surface area contributed by atoms with Crippen LogP contribution in [0.15, 0.2) is 10.8 Å². The maximum absolute atomic E-state index is 11.1. The van der Waals surface area contributed by atoms with E-state index in [1.54, 1.807) is 0 Å². The molecule has 1 heterocycles. The first kappa shape index (κ1) is 8.77. The van der Waals surface area contributed by atoms with Gasteiger partial charge < -0.3 is 9.26 Å². The molecule has 66 valence electrons. The molecule has 0 aromatic carbocycles. The van der Waals surface area contributed by atoms with Gasteiger partial charge in [-0.2, -0.15) is 0 Å². The van der Waals surface area contributed by atoms with Gasteiger partial charge in [0.1, 0.15) is 17.5 Å². The van der Waals surface area contributed by atoms with Crippen LogP contribution < -0.4 is 0 Å². The van der Waals surface area contributed by atoms with Crippen LogP contribution in [0.5, 0.6) is 0 Å². The van der Waals surface area contributed by atoms with E-state index in [-0.39, 0.29) is 5.92 Å². The zero-order valence-corrected chi connectivity index (χ0v) is 7.33. The van der Waals surface area contributed by atoms with Crippen molar-refractivity contribution in [3.05, 3.63) is 17.5 Å². The molecule has 0 amide bonds. The van der Waals surface area contributed by atoms with Crippen molar-refractivity contribution < 1.29 is 14.1 Å². The van der Waals surface area contributed by atoms with Gasteiger partial charge in [0, 0.05) is 0 Å². The summed E-state index contributed by atoms with van der Waals surface area (Å²) in [4.78, 5) is 11.1. The summed E-state index contributed by atoms with van der Waals surface area (Å²) in [6.07, 6.45) is 1.31. The Labute approximate surface area is 70.5 Å². The standard InChI is InChI=1S/C8H11NO3/c1-5(2)7-6(4-12-9-7)8(10)11-3/h4-5H,1-3H3. The number of ether oxygens (including phenoxy) is 1. The molecule has 1 aromatic heterocycles. The maximum atomic E-state index is 11.1. The Morgan fingerprint density at radius 1 is 1.67 bits per heavy atom. The van der Waals surface area contributed by atoms with E-state index in [0.29, 0.717) is 11.3 Å². The van der Waals surface area contributed by atoms with Crippen LogP contribution in [0, 0.1) is 0 Å². The van der Waals surface area contributed by atoms with Crippen molar-refractivity contribution in [3.63, 3.8) is 0 Å². The van der Waals surface area contributed by atoms with Crippen molar-refractivity contribution in [3.8, 4) is 0 Å². The number of hydrogen-bond acceptors (Lipinski definition) is 4. The van der Waals surface area contributed by atoms with Crippen molar-refractivity contribution in [1.82, 2.24) is 5.16 Å². The summed E-state index contributed by atoms with van der Waals surface area (Å²) in [5.41, 5.74) is 1.05. The Hall–Kier alpha value is -1.32. The molecule has 0 saturated carbocycles. The fourth-order valence-corrected chi connectivity index (χ4v) is 0.924. The molecule has 0 unspecified atom stereocenters. The molecule has 1 rings (SSSR count). The van der Waals surface area contributed by atoms with Gasteiger partial charge in [0.15, 0.2) is 0 Å². The van der Waals surface area contributed by atoms with E-state index in [2.05, 4.69) is 14.4 Å². The first-order chi connectivity index (χ1) is 5.66. The monoisotopic (exact) mass is 169 g/mol. The normalized spacial score (nSPS) is 10.3. The Morgan fingerprint density at radius 3 is 2.83 bits per heavy atom. The average molecular weight is 169 g/mol. The molecule has 0 bridgehead atoms. The van der Waals surface area contributed by atoms with E-state index in [9.17, 15) is 4.79 Å². The summed E-state index contributed by atoms with van der Waals surface area (Å²) in [7, 11) is 1.33. The van der Waals surface area contributed by atoms with Gasteiger partial charge in [-0.25, -0.2) is 4.79 Å². The van der Waals surface area contributed by atoms with Crippen molar-refractivity contribution in [1.29, 1.82) is 0 Å². The van der Waals surface area contributed by atoms with Crippen LogP contribution in [0.2, 0.25) is 0 Å². The summed E-state index contributed by atoms with van der Waals surface area (Å²) < 4.78 is 9.23. The third-order valence-corrected chi connectivity index (χ3v) is 1.55. The van der Waals surface area contributed by atoms with E-state index < -0.39 is 5.97 Å². The van der Waals surface area contributed by atoms with Crippen LogP contribution >= 0.6 is 0 Å². The zero-order valence-electron chi connectivity index (χ0n) is 7.33. The minimum atomic E-state index is -0.403. The Balaban J connectivity index is 2.99. The highest BCUT2D eigenvalue weighted by molar-refractivity contribution is 5.90. The SMILES string of the molecule is COC(=O)c1conc1C(C)C. The van der Waals surface area contributed by atoms with E-state index in [4.69, 9.17) is 0 Å². The maximum Gasteiger partial charge on any atom is 0.343 e. The van der Waals surface area contributed by atoms with Gasteiger partial charge in [-0.1, -0.05) is 19.0 Å². The molecule has 0 saturated heterocycles. The van der Waals surface area contributed by atoms with Crippen LogP contribution in [0.25, 0.3) is 0 Å². The van der Waals surface area contributed by atoms with Crippen LogP contribution in [-0.4, -0.2) is 18.2 Å². The summed E-state index contributed by atoms with van der Waals surface area (Å²) in [5.74, 6) is -0.238. The molecule has 0 aliphatic carbocycles. The van der Waals surface area contributed by atoms with Gasteiger partial charge in [-0.05, 0) is 5.92 Å². The molecule has 0 fully saturated rings. The lowest BCUT2D eigenvalue weighted by molar-refractivity contribution is 0.0598. The number of nitrogens with zero attached hydrogens (tertiary/aromatic N) is 1. The van der Waals surface area contributed by atoms with Gasteiger partial charge in [-0.15, -0.1) is 0 Å². The number of rotatable bonds is 2. The third-order valence-electron chi connectivity index (χ3n) is 1.55. The Morgan fingerprint density at radius 2 is 2.33 bits per heavy atom. The second-order valence-corrected chi connectivity index (χ2v) is 2.76. The number of aromatic nitrogens is 1. The topological polar surface area (TPSA) is 52.3 Å². The molecule has 0 spiro atoms. The van der Waals surface area contributed by atoms with Gasteiger partial charge in [0.2, 0.25) is 0 Å². The molecule has 4 heteroatoms. The van der Waals surface area contributed by atoms with E-state index in [1.165, 1.54) is 13.4 Å². The molecule has 0 aliphatic heterocycles. The van der Waals surface area contributed by atoms with Gasteiger partial charge >= 0.3 is 5.97 Å². The lowest BCUT2D eigenvalue weighted by Gasteiger charge is -2.00. The first-order valence-corrected chi connectivity index (χ1v) is 3.69. The van der Waals surface area contributed by atoms with Gasteiger partial charge in [0.25, 0.3) is 0 Å². The lowest BCUT2D eigenvalue weighted by Crippen LogP contribution is -2.04. The Bertz CT molecular complexity index is 278.